The lowest BCUT2D eigenvalue weighted by molar-refractivity contribution is 0.101. The Labute approximate surface area is 126 Å². The van der Waals surface area contributed by atoms with Gasteiger partial charge in [0.1, 0.15) is 5.69 Å². The van der Waals surface area contributed by atoms with E-state index < -0.39 is 0 Å². The third-order valence-electron chi connectivity index (χ3n) is 3.44. The van der Waals surface area contributed by atoms with Crippen LogP contribution in [0.15, 0.2) is 24.4 Å². The van der Waals surface area contributed by atoms with Gasteiger partial charge >= 0.3 is 0 Å². The molecule has 0 spiro atoms. The quantitative estimate of drug-likeness (QED) is 0.808. The maximum absolute atomic E-state index is 12.3. The van der Waals surface area contributed by atoms with Gasteiger partial charge in [0.05, 0.1) is 16.4 Å². The summed E-state index contributed by atoms with van der Waals surface area (Å²) in [6, 6.07) is 6.12. The van der Waals surface area contributed by atoms with E-state index >= 15 is 0 Å². The number of nitrogens with zero attached hydrogens (tertiary/aromatic N) is 3. The highest BCUT2D eigenvalue weighted by Gasteiger charge is 2.16. The number of thiazole rings is 1. The molecule has 21 heavy (non-hydrogen) atoms. The van der Waals surface area contributed by atoms with Crippen LogP contribution in [0.1, 0.15) is 28.5 Å². The van der Waals surface area contributed by atoms with Crippen molar-refractivity contribution in [2.24, 2.45) is 7.05 Å². The van der Waals surface area contributed by atoms with E-state index in [0.29, 0.717) is 10.8 Å². The summed E-state index contributed by atoms with van der Waals surface area (Å²) < 4.78 is 2.67. The normalized spacial score (nSPS) is 11.0. The SMILES string of the molecule is CCc1cccc2sc(NC(=O)c3c(C)cnn3C)nc12. The molecule has 1 amide bonds. The summed E-state index contributed by atoms with van der Waals surface area (Å²) in [5.41, 5.74) is 3.58. The minimum absolute atomic E-state index is 0.176. The minimum Gasteiger partial charge on any atom is -0.296 e. The number of carbonyl (C=O) groups excluding carboxylic acids is 1. The molecule has 0 saturated heterocycles. The lowest BCUT2D eigenvalue weighted by atomic mass is 10.1. The van der Waals surface area contributed by atoms with Crippen molar-refractivity contribution in [1.82, 2.24) is 14.8 Å². The van der Waals surface area contributed by atoms with Gasteiger partial charge in [-0.15, -0.1) is 0 Å². The molecule has 0 radical (unpaired) electrons. The molecule has 2 heterocycles. The second kappa shape index (κ2) is 5.29. The van der Waals surface area contributed by atoms with Gasteiger partial charge in [-0.05, 0) is 30.5 Å². The van der Waals surface area contributed by atoms with Crippen LogP contribution in [0.3, 0.4) is 0 Å². The first-order chi connectivity index (χ1) is 10.1. The molecule has 5 nitrogen and oxygen atoms in total. The zero-order valence-electron chi connectivity index (χ0n) is 12.2. The molecule has 1 aromatic carbocycles. The van der Waals surface area contributed by atoms with Crippen LogP contribution < -0.4 is 5.32 Å². The van der Waals surface area contributed by atoms with E-state index in [4.69, 9.17) is 0 Å². The minimum atomic E-state index is -0.176. The summed E-state index contributed by atoms with van der Waals surface area (Å²) in [5, 5.41) is 7.58. The third kappa shape index (κ3) is 2.42. The first-order valence-electron chi connectivity index (χ1n) is 6.78. The predicted molar refractivity (Wildman–Crippen MR) is 84.9 cm³/mol. The Morgan fingerprint density at radius 1 is 1.43 bits per heavy atom. The fourth-order valence-electron chi connectivity index (χ4n) is 2.37. The van der Waals surface area contributed by atoms with Gasteiger partial charge in [0, 0.05) is 7.05 Å². The van der Waals surface area contributed by atoms with Crippen LogP contribution in [-0.4, -0.2) is 20.7 Å². The first kappa shape index (κ1) is 13.8. The number of hydrogen-bond acceptors (Lipinski definition) is 4. The van der Waals surface area contributed by atoms with E-state index in [1.165, 1.54) is 16.9 Å². The number of amides is 1. The highest BCUT2D eigenvalue weighted by molar-refractivity contribution is 7.22. The molecule has 0 atom stereocenters. The van der Waals surface area contributed by atoms with Crippen molar-refractivity contribution in [2.45, 2.75) is 20.3 Å². The highest BCUT2D eigenvalue weighted by Crippen LogP contribution is 2.28. The molecule has 0 bridgehead atoms. The van der Waals surface area contributed by atoms with Gasteiger partial charge in [-0.1, -0.05) is 30.4 Å². The molecule has 0 aliphatic heterocycles. The maximum atomic E-state index is 12.3. The van der Waals surface area contributed by atoms with Crippen molar-refractivity contribution in [1.29, 1.82) is 0 Å². The summed E-state index contributed by atoms with van der Waals surface area (Å²) in [7, 11) is 1.76. The summed E-state index contributed by atoms with van der Waals surface area (Å²) in [6.07, 6.45) is 2.61. The number of anilines is 1. The number of para-hydroxylation sites is 1. The standard InChI is InChI=1S/C15H16N4OS/c1-4-10-6-5-7-11-12(10)17-15(21-11)18-14(20)13-9(2)8-16-19(13)3/h5-8H,4H2,1-3H3,(H,17,18,20). The fraction of sp³-hybridized carbons (Fsp3) is 0.267. The van der Waals surface area contributed by atoms with Gasteiger partial charge in [-0.3, -0.25) is 14.8 Å². The Balaban J connectivity index is 1.94. The highest BCUT2D eigenvalue weighted by atomic mass is 32.1. The number of benzene rings is 1. The molecular weight excluding hydrogens is 284 g/mol. The number of aryl methyl sites for hydroxylation is 3. The van der Waals surface area contributed by atoms with Gasteiger partial charge in [0.15, 0.2) is 5.13 Å². The van der Waals surface area contributed by atoms with Crippen LogP contribution in [-0.2, 0) is 13.5 Å². The summed E-state index contributed by atoms with van der Waals surface area (Å²) >= 11 is 1.49. The van der Waals surface area contributed by atoms with Crippen LogP contribution in [0, 0.1) is 6.92 Å². The van der Waals surface area contributed by atoms with Crippen molar-refractivity contribution < 1.29 is 4.79 Å². The molecule has 0 saturated carbocycles. The Morgan fingerprint density at radius 2 is 2.24 bits per heavy atom. The van der Waals surface area contributed by atoms with Gasteiger partial charge in [-0.2, -0.15) is 5.10 Å². The van der Waals surface area contributed by atoms with Gasteiger partial charge in [0.25, 0.3) is 5.91 Å². The van der Waals surface area contributed by atoms with Crippen LogP contribution >= 0.6 is 11.3 Å². The zero-order valence-corrected chi connectivity index (χ0v) is 13.0. The Hall–Kier alpha value is -2.21. The summed E-state index contributed by atoms with van der Waals surface area (Å²) in [4.78, 5) is 16.9. The van der Waals surface area contributed by atoms with Crippen molar-refractivity contribution >= 4 is 32.6 Å². The Kier molecular flexibility index (Phi) is 3.47. The third-order valence-corrected chi connectivity index (χ3v) is 4.38. The molecule has 2 aromatic heterocycles. The molecule has 108 valence electrons. The maximum Gasteiger partial charge on any atom is 0.275 e. The number of fused-ring (bicyclic) bond motifs is 1. The Morgan fingerprint density at radius 3 is 2.90 bits per heavy atom. The van der Waals surface area contributed by atoms with Gasteiger partial charge in [-0.25, -0.2) is 4.98 Å². The molecule has 0 fully saturated rings. The van der Waals surface area contributed by atoms with E-state index in [1.807, 2.05) is 19.1 Å². The van der Waals surface area contributed by atoms with Crippen molar-refractivity contribution in [3.05, 3.63) is 41.2 Å². The van der Waals surface area contributed by atoms with Crippen LogP contribution in [0.25, 0.3) is 10.2 Å². The molecule has 0 aliphatic rings. The zero-order chi connectivity index (χ0) is 15.0. The number of rotatable bonds is 3. The number of hydrogen-bond donors (Lipinski definition) is 1. The molecule has 3 rings (SSSR count). The molecule has 3 aromatic rings. The van der Waals surface area contributed by atoms with Crippen LogP contribution in [0.4, 0.5) is 5.13 Å². The first-order valence-corrected chi connectivity index (χ1v) is 7.60. The van der Waals surface area contributed by atoms with E-state index in [0.717, 1.165) is 22.2 Å². The van der Waals surface area contributed by atoms with Gasteiger partial charge < -0.3 is 0 Å². The molecular formula is C15H16N4OS. The lowest BCUT2D eigenvalue weighted by Gasteiger charge is -2.03. The molecule has 0 aliphatic carbocycles. The predicted octanol–water partition coefficient (Wildman–Crippen LogP) is 3.15. The smallest absolute Gasteiger partial charge is 0.275 e. The Bertz CT molecular complexity index is 799. The monoisotopic (exact) mass is 300 g/mol. The van der Waals surface area contributed by atoms with Crippen LogP contribution in [0.2, 0.25) is 0 Å². The van der Waals surface area contributed by atoms with E-state index in [2.05, 4.69) is 28.4 Å². The number of aromatic nitrogens is 3. The van der Waals surface area contributed by atoms with E-state index in [-0.39, 0.29) is 5.91 Å². The average molecular weight is 300 g/mol. The van der Waals surface area contributed by atoms with Crippen molar-refractivity contribution in [3.63, 3.8) is 0 Å². The van der Waals surface area contributed by atoms with Crippen LogP contribution in [0.5, 0.6) is 0 Å². The second-order valence-corrected chi connectivity index (χ2v) is 5.92. The molecule has 0 unspecified atom stereocenters. The second-order valence-electron chi connectivity index (χ2n) is 4.89. The summed E-state index contributed by atoms with van der Waals surface area (Å²) in [5.74, 6) is -0.176. The largest absolute Gasteiger partial charge is 0.296 e. The topological polar surface area (TPSA) is 59.8 Å². The number of carbonyl (C=O) groups is 1. The van der Waals surface area contributed by atoms with E-state index in [9.17, 15) is 4.79 Å². The number of nitrogens with one attached hydrogen (secondary N) is 1. The van der Waals surface area contributed by atoms with E-state index in [1.54, 1.807) is 17.9 Å². The van der Waals surface area contributed by atoms with Gasteiger partial charge in [0.2, 0.25) is 0 Å². The summed E-state index contributed by atoms with van der Waals surface area (Å²) in [6.45, 7) is 3.97. The van der Waals surface area contributed by atoms with Crippen molar-refractivity contribution in [3.8, 4) is 0 Å². The lowest BCUT2D eigenvalue weighted by Crippen LogP contribution is -2.17. The average Bonchev–Trinajstić information content (AvgIpc) is 3.01. The fourth-order valence-corrected chi connectivity index (χ4v) is 3.28. The molecule has 6 heteroatoms. The molecule has 1 N–H and O–H groups in total. The van der Waals surface area contributed by atoms with Crippen molar-refractivity contribution in [2.75, 3.05) is 5.32 Å².